The average molecular weight is 341 g/mol. The molecule has 2 aromatic heterocycles. The summed E-state index contributed by atoms with van der Waals surface area (Å²) in [4.78, 5) is 25.9. The highest BCUT2D eigenvalue weighted by molar-refractivity contribution is 5.98. The second-order valence-electron chi connectivity index (χ2n) is 6.78. The molecule has 1 N–H and O–H groups in total. The molecule has 0 spiro atoms. The molecule has 1 amide bonds. The standard InChI is InChI=1S/C17H23N7O/c1-22-9-6-13-12(10-22)16(19-11-18-13)21-14-4-3-8-24(17(14)25)15-5-7-20-23(15)2/h5,7,11,14H,3-4,6,8-10H2,1-2H3,(H,18,19,21). The van der Waals surface area contributed by atoms with E-state index < -0.39 is 0 Å². The molecule has 0 aromatic carbocycles. The first-order valence-electron chi connectivity index (χ1n) is 8.70. The van der Waals surface area contributed by atoms with Crippen molar-refractivity contribution in [2.24, 2.45) is 7.05 Å². The molecule has 1 atom stereocenters. The van der Waals surface area contributed by atoms with Crippen LogP contribution in [-0.2, 0) is 24.8 Å². The molecule has 0 aliphatic carbocycles. The van der Waals surface area contributed by atoms with Crippen LogP contribution in [0.3, 0.4) is 0 Å². The second kappa shape index (κ2) is 6.44. The van der Waals surface area contributed by atoms with Gasteiger partial charge in [-0.15, -0.1) is 0 Å². The summed E-state index contributed by atoms with van der Waals surface area (Å²) in [5.41, 5.74) is 2.20. The SMILES string of the molecule is CN1CCc2ncnc(NC3CCCN(c4ccnn4C)C3=O)c2C1. The highest BCUT2D eigenvalue weighted by atomic mass is 16.2. The Balaban J connectivity index is 1.57. The molecule has 0 radical (unpaired) electrons. The zero-order valence-corrected chi connectivity index (χ0v) is 14.6. The molecule has 4 rings (SSSR count). The van der Waals surface area contributed by atoms with E-state index in [2.05, 4.69) is 32.3 Å². The number of carbonyl (C=O) groups is 1. The van der Waals surface area contributed by atoms with Crippen molar-refractivity contribution in [1.82, 2.24) is 24.6 Å². The normalized spacial score (nSPS) is 21.3. The zero-order chi connectivity index (χ0) is 17.4. The first kappa shape index (κ1) is 16.0. The van der Waals surface area contributed by atoms with Gasteiger partial charge in [0.05, 0.1) is 11.9 Å². The Hall–Kier alpha value is -2.48. The van der Waals surface area contributed by atoms with E-state index in [1.165, 1.54) is 0 Å². The molecule has 1 fully saturated rings. The van der Waals surface area contributed by atoms with Crippen LogP contribution in [-0.4, -0.2) is 56.7 Å². The minimum absolute atomic E-state index is 0.0753. The lowest BCUT2D eigenvalue weighted by atomic mass is 10.0. The van der Waals surface area contributed by atoms with Crippen LogP contribution in [0.15, 0.2) is 18.6 Å². The van der Waals surface area contributed by atoms with Crippen LogP contribution in [0.25, 0.3) is 0 Å². The summed E-state index contributed by atoms with van der Waals surface area (Å²) in [5.74, 6) is 1.70. The topological polar surface area (TPSA) is 79.2 Å². The third-order valence-electron chi connectivity index (χ3n) is 5.01. The fraction of sp³-hybridized carbons (Fsp3) is 0.529. The van der Waals surface area contributed by atoms with Crippen LogP contribution in [0.2, 0.25) is 0 Å². The minimum Gasteiger partial charge on any atom is -0.358 e. The van der Waals surface area contributed by atoms with Crippen molar-refractivity contribution in [2.75, 3.05) is 30.4 Å². The van der Waals surface area contributed by atoms with Crippen LogP contribution in [0.4, 0.5) is 11.6 Å². The van der Waals surface area contributed by atoms with Crippen LogP contribution in [0, 0.1) is 0 Å². The number of carbonyl (C=O) groups excluding carboxylic acids is 1. The van der Waals surface area contributed by atoms with E-state index in [4.69, 9.17) is 0 Å². The number of amides is 1. The predicted molar refractivity (Wildman–Crippen MR) is 94.3 cm³/mol. The van der Waals surface area contributed by atoms with Gasteiger partial charge in [0.1, 0.15) is 24.0 Å². The van der Waals surface area contributed by atoms with Crippen LogP contribution < -0.4 is 10.2 Å². The maximum atomic E-state index is 13.0. The number of aryl methyl sites for hydroxylation is 1. The second-order valence-corrected chi connectivity index (χ2v) is 6.78. The lowest BCUT2D eigenvalue weighted by Crippen LogP contribution is -2.48. The first-order valence-corrected chi connectivity index (χ1v) is 8.70. The summed E-state index contributed by atoms with van der Waals surface area (Å²) in [6.07, 6.45) is 5.99. The first-order chi connectivity index (χ1) is 12.1. The Morgan fingerprint density at radius 3 is 2.92 bits per heavy atom. The average Bonchev–Trinajstić information content (AvgIpc) is 3.03. The van der Waals surface area contributed by atoms with Gasteiger partial charge >= 0.3 is 0 Å². The van der Waals surface area contributed by atoms with E-state index in [0.717, 1.165) is 61.8 Å². The summed E-state index contributed by atoms with van der Waals surface area (Å²) >= 11 is 0. The third kappa shape index (κ3) is 2.97. The molecule has 2 aliphatic rings. The highest BCUT2D eigenvalue weighted by Crippen LogP contribution is 2.26. The van der Waals surface area contributed by atoms with Gasteiger partial charge < -0.3 is 10.2 Å². The van der Waals surface area contributed by atoms with E-state index in [1.807, 2.05) is 18.0 Å². The zero-order valence-electron chi connectivity index (χ0n) is 14.6. The summed E-state index contributed by atoms with van der Waals surface area (Å²) in [6, 6.07) is 1.61. The molecule has 0 saturated carbocycles. The Morgan fingerprint density at radius 1 is 1.24 bits per heavy atom. The van der Waals surface area contributed by atoms with Crippen molar-refractivity contribution in [3.8, 4) is 0 Å². The van der Waals surface area contributed by atoms with Gasteiger partial charge in [0.2, 0.25) is 0 Å². The summed E-state index contributed by atoms with van der Waals surface area (Å²) in [7, 11) is 3.95. The van der Waals surface area contributed by atoms with Crippen LogP contribution in [0.5, 0.6) is 0 Å². The quantitative estimate of drug-likeness (QED) is 0.890. The molecule has 0 bridgehead atoms. The fourth-order valence-corrected chi connectivity index (χ4v) is 3.63. The lowest BCUT2D eigenvalue weighted by molar-refractivity contribution is -0.120. The third-order valence-corrected chi connectivity index (χ3v) is 5.01. The molecule has 8 nitrogen and oxygen atoms in total. The summed E-state index contributed by atoms with van der Waals surface area (Å²) < 4.78 is 1.74. The fourth-order valence-electron chi connectivity index (χ4n) is 3.63. The van der Waals surface area contributed by atoms with E-state index in [9.17, 15) is 4.79 Å². The van der Waals surface area contributed by atoms with Crippen LogP contribution in [0.1, 0.15) is 24.1 Å². The lowest BCUT2D eigenvalue weighted by Gasteiger charge is -2.33. The van der Waals surface area contributed by atoms with Crippen molar-refractivity contribution < 1.29 is 4.79 Å². The van der Waals surface area contributed by atoms with Gasteiger partial charge in [-0.25, -0.2) is 9.97 Å². The number of anilines is 2. The van der Waals surface area contributed by atoms with Gasteiger partial charge in [-0.1, -0.05) is 0 Å². The Bertz CT molecular complexity index is 787. The van der Waals surface area contributed by atoms with Crippen molar-refractivity contribution >= 4 is 17.5 Å². The Morgan fingerprint density at radius 2 is 2.12 bits per heavy atom. The maximum absolute atomic E-state index is 13.0. The number of rotatable bonds is 3. The van der Waals surface area contributed by atoms with E-state index in [0.29, 0.717) is 0 Å². The largest absolute Gasteiger partial charge is 0.358 e. The number of likely N-dealkylation sites (N-methyl/N-ethyl adjacent to an activating group) is 1. The molecule has 2 aromatic rings. The maximum Gasteiger partial charge on any atom is 0.250 e. The number of piperidine rings is 1. The number of nitrogens with one attached hydrogen (secondary N) is 1. The van der Waals surface area contributed by atoms with Gasteiger partial charge in [0.25, 0.3) is 5.91 Å². The van der Waals surface area contributed by atoms with Gasteiger partial charge in [-0.05, 0) is 19.9 Å². The van der Waals surface area contributed by atoms with Crippen molar-refractivity contribution in [3.05, 3.63) is 29.8 Å². The molecule has 1 saturated heterocycles. The van der Waals surface area contributed by atoms with Gasteiger partial charge in [0.15, 0.2) is 0 Å². The molecule has 25 heavy (non-hydrogen) atoms. The number of nitrogens with zero attached hydrogens (tertiary/aromatic N) is 6. The molecule has 132 valence electrons. The smallest absolute Gasteiger partial charge is 0.250 e. The van der Waals surface area contributed by atoms with Gasteiger partial charge in [-0.3, -0.25) is 14.4 Å². The summed E-state index contributed by atoms with van der Waals surface area (Å²) in [6.45, 7) is 2.53. The molecule has 2 aliphatic heterocycles. The van der Waals surface area contributed by atoms with Gasteiger partial charge in [0, 0.05) is 44.7 Å². The Labute approximate surface area is 146 Å². The number of hydrogen-bond donors (Lipinski definition) is 1. The van der Waals surface area contributed by atoms with E-state index >= 15 is 0 Å². The molecular formula is C17H23N7O. The predicted octanol–water partition coefficient (Wildman–Crippen LogP) is 0.805. The summed E-state index contributed by atoms with van der Waals surface area (Å²) in [5, 5.41) is 7.57. The molecule has 8 heteroatoms. The number of hydrogen-bond acceptors (Lipinski definition) is 6. The van der Waals surface area contributed by atoms with E-state index in [-0.39, 0.29) is 11.9 Å². The van der Waals surface area contributed by atoms with Crippen molar-refractivity contribution in [2.45, 2.75) is 31.8 Å². The van der Waals surface area contributed by atoms with E-state index in [1.54, 1.807) is 17.2 Å². The minimum atomic E-state index is -0.269. The molecule has 4 heterocycles. The highest BCUT2D eigenvalue weighted by Gasteiger charge is 2.32. The van der Waals surface area contributed by atoms with Crippen molar-refractivity contribution in [3.63, 3.8) is 0 Å². The number of fused-ring (bicyclic) bond motifs is 1. The monoisotopic (exact) mass is 341 g/mol. The van der Waals surface area contributed by atoms with Gasteiger partial charge in [-0.2, -0.15) is 5.10 Å². The molecule has 1 unspecified atom stereocenters. The molecular weight excluding hydrogens is 318 g/mol. The van der Waals surface area contributed by atoms with Crippen molar-refractivity contribution in [1.29, 1.82) is 0 Å². The number of aromatic nitrogens is 4. The van der Waals surface area contributed by atoms with Crippen LogP contribution >= 0.6 is 0 Å². The Kier molecular flexibility index (Phi) is 4.12.